The number of aliphatic hydroxyl groups is 1. The third-order valence-corrected chi connectivity index (χ3v) is 3.23. The predicted molar refractivity (Wildman–Crippen MR) is 82.2 cm³/mol. The number of aromatic nitrogens is 1. The number of ether oxygens (including phenoxy) is 1. The van der Waals surface area contributed by atoms with Gasteiger partial charge in [-0.15, -0.1) is 0 Å². The summed E-state index contributed by atoms with van der Waals surface area (Å²) in [6.45, 7) is -1.15. The molecule has 2 N–H and O–H groups in total. The van der Waals surface area contributed by atoms with Gasteiger partial charge in [0.25, 0.3) is 5.69 Å². The Morgan fingerprint density at radius 3 is 2.58 bits per heavy atom. The molecule has 0 aliphatic rings. The maximum Gasteiger partial charge on any atom is 0.387 e. The first-order valence-electron chi connectivity index (χ1n) is 6.94. The van der Waals surface area contributed by atoms with Crippen LogP contribution in [-0.4, -0.2) is 28.2 Å². The minimum atomic E-state index is -2.90. The Morgan fingerprint density at radius 2 is 2.04 bits per heavy atom. The van der Waals surface area contributed by atoms with Gasteiger partial charge in [0.15, 0.2) is 0 Å². The highest BCUT2D eigenvalue weighted by atomic mass is 19.3. The molecule has 2 aromatic rings. The second kappa shape index (κ2) is 7.64. The number of hydrogen-bond acceptors (Lipinski definition) is 6. The van der Waals surface area contributed by atoms with Gasteiger partial charge in [0.1, 0.15) is 17.8 Å². The summed E-state index contributed by atoms with van der Waals surface area (Å²) in [4.78, 5) is 14.1. The molecule has 0 radical (unpaired) electrons. The summed E-state index contributed by atoms with van der Waals surface area (Å²) in [5, 5.41) is 23.6. The quantitative estimate of drug-likeness (QED) is 0.594. The van der Waals surface area contributed by atoms with Gasteiger partial charge in [-0.3, -0.25) is 10.1 Å². The summed E-state index contributed by atoms with van der Waals surface area (Å²) >= 11 is 0. The third kappa shape index (κ3) is 4.59. The van der Waals surface area contributed by atoms with E-state index in [1.54, 1.807) is 6.92 Å². The fraction of sp³-hybridized carbons (Fsp3) is 0.267. The molecule has 24 heavy (non-hydrogen) atoms. The van der Waals surface area contributed by atoms with Crippen LogP contribution in [0.15, 0.2) is 36.5 Å². The average molecular weight is 339 g/mol. The molecule has 9 heteroatoms. The molecule has 1 atom stereocenters. The zero-order valence-electron chi connectivity index (χ0n) is 12.6. The standard InChI is InChI=1S/C15H15F2N3O4/c1-9-6-11(20(22)23)7-18-14(9)19-8-13(21)10-2-4-12(5-3-10)24-15(16)17/h2-7,13,15,21H,8H2,1H3,(H,18,19)/t13-/m0/s1. The number of nitrogens with one attached hydrogen (secondary N) is 1. The number of nitro groups is 1. The van der Waals surface area contributed by atoms with Crippen molar-refractivity contribution in [3.8, 4) is 5.75 Å². The Labute approximate surface area is 136 Å². The summed E-state index contributed by atoms with van der Waals surface area (Å²) in [6.07, 6.45) is 0.208. The average Bonchev–Trinajstić information content (AvgIpc) is 2.53. The number of benzene rings is 1. The van der Waals surface area contributed by atoms with Gasteiger partial charge in [-0.1, -0.05) is 12.1 Å². The Balaban J connectivity index is 1.97. The van der Waals surface area contributed by atoms with E-state index in [9.17, 15) is 24.0 Å². The van der Waals surface area contributed by atoms with Crippen LogP contribution in [-0.2, 0) is 0 Å². The number of aliphatic hydroxyl groups excluding tert-OH is 1. The Bertz CT molecular complexity index is 710. The summed E-state index contributed by atoms with van der Waals surface area (Å²) in [6, 6.07) is 6.98. The van der Waals surface area contributed by atoms with Gasteiger partial charge in [0.05, 0.1) is 11.0 Å². The van der Waals surface area contributed by atoms with Crippen LogP contribution in [0, 0.1) is 17.0 Å². The van der Waals surface area contributed by atoms with Crippen LogP contribution < -0.4 is 10.1 Å². The van der Waals surface area contributed by atoms with E-state index in [1.165, 1.54) is 30.3 Å². The fourth-order valence-corrected chi connectivity index (χ4v) is 2.03. The lowest BCUT2D eigenvalue weighted by Gasteiger charge is -2.14. The topological polar surface area (TPSA) is 97.5 Å². The van der Waals surface area contributed by atoms with Gasteiger partial charge in [-0.2, -0.15) is 8.78 Å². The fourth-order valence-electron chi connectivity index (χ4n) is 2.03. The molecule has 0 unspecified atom stereocenters. The highest BCUT2D eigenvalue weighted by Gasteiger charge is 2.12. The van der Waals surface area contributed by atoms with Gasteiger partial charge in [0, 0.05) is 12.6 Å². The summed E-state index contributed by atoms with van der Waals surface area (Å²) in [7, 11) is 0. The van der Waals surface area contributed by atoms with E-state index < -0.39 is 17.6 Å². The summed E-state index contributed by atoms with van der Waals surface area (Å²) in [5.41, 5.74) is 0.953. The minimum Gasteiger partial charge on any atom is -0.435 e. The Kier molecular flexibility index (Phi) is 5.59. The Morgan fingerprint density at radius 1 is 1.38 bits per heavy atom. The molecule has 0 saturated heterocycles. The van der Waals surface area contributed by atoms with Crippen molar-refractivity contribution in [2.75, 3.05) is 11.9 Å². The number of alkyl halides is 2. The lowest BCUT2D eigenvalue weighted by atomic mass is 10.1. The highest BCUT2D eigenvalue weighted by Crippen LogP contribution is 2.21. The van der Waals surface area contributed by atoms with Crippen molar-refractivity contribution in [1.29, 1.82) is 0 Å². The van der Waals surface area contributed by atoms with Gasteiger partial charge >= 0.3 is 6.61 Å². The maximum absolute atomic E-state index is 12.1. The lowest BCUT2D eigenvalue weighted by Crippen LogP contribution is -2.14. The number of halogens is 2. The van der Waals surface area contributed by atoms with Crippen LogP contribution in [0.3, 0.4) is 0 Å². The molecule has 0 aliphatic carbocycles. The number of rotatable bonds is 7. The molecule has 0 amide bonds. The SMILES string of the molecule is Cc1cc([N+](=O)[O-])cnc1NC[C@H](O)c1ccc(OC(F)F)cc1. The molecule has 0 fully saturated rings. The van der Waals surface area contributed by atoms with Crippen LogP contribution in [0.5, 0.6) is 5.75 Å². The first-order chi connectivity index (χ1) is 11.4. The van der Waals surface area contributed by atoms with Crippen molar-refractivity contribution in [1.82, 2.24) is 4.98 Å². The van der Waals surface area contributed by atoms with Crippen molar-refractivity contribution in [3.05, 3.63) is 57.8 Å². The summed E-state index contributed by atoms with van der Waals surface area (Å²) in [5.74, 6) is 0.416. The number of anilines is 1. The first kappa shape index (κ1) is 17.5. The molecule has 0 aliphatic heterocycles. The van der Waals surface area contributed by atoms with E-state index >= 15 is 0 Å². The maximum atomic E-state index is 12.1. The predicted octanol–water partition coefficient (Wildman–Crippen LogP) is 3.05. The first-order valence-corrected chi connectivity index (χ1v) is 6.94. The third-order valence-electron chi connectivity index (χ3n) is 3.23. The summed E-state index contributed by atoms with van der Waals surface area (Å²) < 4.78 is 28.4. The second-order valence-electron chi connectivity index (χ2n) is 4.96. The molecule has 1 heterocycles. The number of nitrogens with zero attached hydrogens (tertiary/aromatic N) is 2. The molecule has 0 bridgehead atoms. The minimum absolute atomic E-state index is 0.00166. The van der Waals surface area contributed by atoms with Crippen LogP contribution in [0.2, 0.25) is 0 Å². The molecule has 7 nitrogen and oxygen atoms in total. The molecular formula is C15H15F2N3O4. The zero-order valence-corrected chi connectivity index (χ0v) is 12.6. The highest BCUT2D eigenvalue weighted by molar-refractivity contribution is 5.48. The van der Waals surface area contributed by atoms with E-state index in [1.807, 2.05) is 0 Å². The van der Waals surface area contributed by atoms with Gasteiger partial charge < -0.3 is 15.2 Å². The van der Waals surface area contributed by atoms with Crippen molar-refractivity contribution >= 4 is 11.5 Å². The van der Waals surface area contributed by atoms with Crippen LogP contribution in [0.4, 0.5) is 20.3 Å². The van der Waals surface area contributed by atoms with Crippen LogP contribution in [0.25, 0.3) is 0 Å². The van der Waals surface area contributed by atoms with Crippen LogP contribution in [0.1, 0.15) is 17.2 Å². The molecular weight excluding hydrogens is 324 g/mol. The number of pyridine rings is 1. The van der Waals surface area contributed by atoms with Crippen molar-refractivity contribution in [2.24, 2.45) is 0 Å². The zero-order chi connectivity index (χ0) is 17.7. The molecule has 1 aromatic heterocycles. The van der Waals surface area contributed by atoms with E-state index in [-0.39, 0.29) is 18.0 Å². The van der Waals surface area contributed by atoms with Crippen molar-refractivity contribution in [3.63, 3.8) is 0 Å². The van der Waals surface area contributed by atoms with E-state index in [0.717, 1.165) is 6.20 Å². The number of hydrogen-bond donors (Lipinski definition) is 2. The van der Waals surface area contributed by atoms with E-state index in [2.05, 4.69) is 15.0 Å². The van der Waals surface area contributed by atoms with Gasteiger partial charge in [-0.05, 0) is 30.2 Å². The van der Waals surface area contributed by atoms with E-state index in [0.29, 0.717) is 16.9 Å². The lowest BCUT2D eigenvalue weighted by molar-refractivity contribution is -0.385. The largest absolute Gasteiger partial charge is 0.435 e. The molecule has 0 spiro atoms. The monoisotopic (exact) mass is 339 g/mol. The Hall–Kier alpha value is -2.81. The second-order valence-corrected chi connectivity index (χ2v) is 4.96. The van der Waals surface area contributed by atoms with E-state index in [4.69, 9.17) is 0 Å². The molecule has 0 saturated carbocycles. The normalized spacial score (nSPS) is 12.0. The van der Waals surface area contributed by atoms with Gasteiger partial charge in [-0.25, -0.2) is 4.98 Å². The number of aryl methyl sites for hydroxylation is 1. The molecule has 2 rings (SSSR count). The molecule has 128 valence electrons. The molecule has 1 aromatic carbocycles. The van der Waals surface area contributed by atoms with Crippen molar-refractivity contribution in [2.45, 2.75) is 19.6 Å². The smallest absolute Gasteiger partial charge is 0.387 e. The van der Waals surface area contributed by atoms with Gasteiger partial charge in [0.2, 0.25) is 0 Å². The van der Waals surface area contributed by atoms with Crippen LogP contribution >= 0.6 is 0 Å². The van der Waals surface area contributed by atoms with Crippen molar-refractivity contribution < 1.29 is 23.5 Å².